The van der Waals surface area contributed by atoms with Crippen molar-refractivity contribution in [1.29, 1.82) is 0 Å². The Bertz CT molecular complexity index is 896. The fourth-order valence-electron chi connectivity index (χ4n) is 4.07. The number of hydrogen-bond acceptors (Lipinski definition) is 4. The standard InChI is InChI=1S/C19H22N4O3S/c1-27-10-16(24)21-14-6-7-23-17(14)18(25)22-15(19(23)26)8-11-9-20-13-5-3-2-4-12(11)13/h2-5,9,14-15,17,20H,6-8,10H2,1H3,(H,21,24)(H,22,25). The van der Waals surface area contributed by atoms with E-state index >= 15 is 0 Å². The third-order valence-electron chi connectivity index (χ3n) is 5.28. The number of fused-ring (bicyclic) bond motifs is 2. The first-order valence-electron chi connectivity index (χ1n) is 9.02. The van der Waals surface area contributed by atoms with Crippen molar-refractivity contribution < 1.29 is 14.4 Å². The summed E-state index contributed by atoms with van der Waals surface area (Å²) in [4.78, 5) is 42.4. The molecule has 8 heteroatoms. The molecular weight excluding hydrogens is 364 g/mol. The highest BCUT2D eigenvalue weighted by Gasteiger charge is 2.48. The Morgan fingerprint density at radius 3 is 2.96 bits per heavy atom. The van der Waals surface area contributed by atoms with Gasteiger partial charge in [0, 0.05) is 30.1 Å². The van der Waals surface area contributed by atoms with Crippen LogP contribution < -0.4 is 10.6 Å². The van der Waals surface area contributed by atoms with Crippen molar-refractivity contribution in [1.82, 2.24) is 20.5 Å². The van der Waals surface area contributed by atoms with E-state index in [1.807, 2.05) is 36.7 Å². The number of nitrogens with zero attached hydrogens (tertiary/aromatic N) is 1. The number of carbonyl (C=O) groups is 3. The number of amides is 3. The van der Waals surface area contributed by atoms with Gasteiger partial charge in [-0.05, 0) is 24.3 Å². The van der Waals surface area contributed by atoms with Crippen molar-refractivity contribution in [3.05, 3.63) is 36.0 Å². The molecule has 2 aliphatic rings. The lowest BCUT2D eigenvalue weighted by Gasteiger charge is -2.36. The monoisotopic (exact) mass is 386 g/mol. The van der Waals surface area contributed by atoms with Crippen LogP contribution in [-0.2, 0) is 20.8 Å². The molecule has 7 nitrogen and oxygen atoms in total. The van der Waals surface area contributed by atoms with E-state index < -0.39 is 12.1 Å². The second-order valence-corrected chi connectivity index (χ2v) is 7.86. The van der Waals surface area contributed by atoms with Crippen molar-refractivity contribution in [3.63, 3.8) is 0 Å². The molecule has 2 aliphatic heterocycles. The lowest BCUT2D eigenvalue weighted by Crippen LogP contribution is -2.65. The van der Waals surface area contributed by atoms with Crippen molar-refractivity contribution in [2.24, 2.45) is 0 Å². The SMILES string of the molecule is CSCC(=O)NC1CCN2C(=O)C(Cc3c[nH]c4ccccc34)NC(=O)C12. The number of piperazine rings is 1. The Morgan fingerprint density at radius 2 is 2.15 bits per heavy atom. The van der Waals surface area contributed by atoms with Crippen LogP contribution in [0, 0.1) is 0 Å². The van der Waals surface area contributed by atoms with Gasteiger partial charge < -0.3 is 20.5 Å². The quantitative estimate of drug-likeness (QED) is 0.704. The zero-order chi connectivity index (χ0) is 19.0. The molecule has 0 aliphatic carbocycles. The summed E-state index contributed by atoms with van der Waals surface area (Å²) in [7, 11) is 0. The zero-order valence-electron chi connectivity index (χ0n) is 15.0. The lowest BCUT2D eigenvalue weighted by molar-refractivity contribution is -0.147. The minimum Gasteiger partial charge on any atom is -0.361 e. The number of aromatic nitrogens is 1. The van der Waals surface area contributed by atoms with Gasteiger partial charge >= 0.3 is 0 Å². The first-order chi connectivity index (χ1) is 13.1. The van der Waals surface area contributed by atoms with E-state index in [2.05, 4.69) is 15.6 Å². The molecule has 4 rings (SSSR count). The van der Waals surface area contributed by atoms with E-state index in [4.69, 9.17) is 0 Å². The normalized spacial score (nSPS) is 24.8. The fourth-order valence-corrected chi connectivity index (χ4v) is 4.42. The lowest BCUT2D eigenvalue weighted by atomic mass is 9.99. The first kappa shape index (κ1) is 17.9. The molecule has 1 aromatic heterocycles. The molecule has 3 heterocycles. The van der Waals surface area contributed by atoms with Crippen LogP contribution in [0.4, 0.5) is 0 Å². The molecule has 3 atom stereocenters. The van der Waals surface area contributed by atoms with Crippen LogP contribution in [0.1, 0.15) is 12.0 Å². The van der Waals surface area contributed by atoms with Gasteiger partial charge in [0.2, 0.25) is 17.7 Å². The zero-order valence-corrected chi connectivity index (χ0v) is 15.8. The van der Waals surface area contributed by atoms with Gasteiger partial charge in [0.05, 0.1) is 11.8 Å². The molecule has 27 heavy (non-hydrogen) atoms. The molecule has 1 aromatic carbocycles. The third-order valence-corrected chi connectivity index (χ3v) is 5.84. The highest BCUT2D eigenvalue weighted by Crippen LogP contribution is 2.26. The number of benzene rings is 1. The molecule has 0 saturated carbocycles. The topological polar surface area (TPSA) is 94.3 Å². The van der Waals surface area contributed by atoms with Gasteiger partial charge in [-0.2, -0.15) is 11.8 Å². The number of H-pyrrole nitrogens is 1. The number of nitrogens with one attached hydrogen (secondary N) is 3. The largest absolute Gasteiger partial charge is 0.361 e. The summed E-state index contributed by atoms with van der Waals surface area (Å²) in [6, 6.07) is 6.40. The van der Waals surface area contributed by atoms with Crippen LogP contribution in [0.5, 0.6) is 0 Å². The van der Waals surface area contributed by atoms with Crippen molar-refractivity contribution in [3.8, 4) is 0 Å². The maximum atomic E-state index is 13.0. The van der Waals surface area contributed by atoms with Crippen molar-refractivity contribution >= 4 is 40.4 Å². The van der Waals surface area contributed by atoms with E-state index in [1.54, 1.807) is 4.90 Å². The molecule has 0 bridgehead atoms. The van der Waals surface area contributed by atoms with E-state index in [0.717, 1.165) is 16.5 Å². The molecule has 2 fully saturated rings. The Labute approximate surface area is 161 Å². The molecule has 3 amide bonds. The Kier molecular flexibility index (Phi) is 4.82. The summed E-state index contributed by atoms with van der Waals surface area (Å²) >= 11 is 1.43. The Hall–Kier alpha value is -2.48. The Morgan fingerprint density at radius 1 is 1.33 bits per heavy atom. The molecule has 2 saturated heterocycles. The predicted octanol–water partition coefficient (Wildman–Crippen LogP) is 0.658. The average Bonchev–Trinajstić information content (AvgIpc) is 3.25. The van der Waals surface area contributed by atoms with Crippen molar-refractivity contribution in [2.75, 3.05) is 18.6 Å². The summed E-state index contributed by atoms with van der Waals surface area (Å²) in [5.41, 5.74) is 2.02. The number of aromatic amines is 1. The molecule has 0 spiro atoms. The summed E-state index contributed by atoms with van der Waals surface area (Å²) in [5.74, 6) is -0.0180. The summed E-state index contributed by atoms with van der Waals surface area (Å²) in [5, 5.41) is 6.83. The van der Waals surface area contributed by atoms with E-state index in [0.29, 0.717) is 25.1 Å². The molecule has 142 valence electrons. The minimum atomic E-state index is -0.609. The van der Waals surface area contributed by atoms with E-state index in [9.17, 15) is 14.4 Å². The first-order valence-corrected chi connectivity index (χ1v) is 10.4. The van der Waals surface area contributed by atoms with Crippen LogP contribution in [0.2, 0.25) is 0 Å². The molecule has 0 radical (unpaired) electrons. The fraction of sp³-hybridized carbons (Fsp3) is 0.421. The number of hydrogen-bond donors (Lipinski definition) is 3. The maximum Gasteiger partial charge on any atom is 0.246 e. The minimum absolute atomic E-state index is 0.0773. The highest BCUT2D eigenvalue weighted by molar-refractivity contribution is 7.99. The average molecular weight is 386 g/mol. The molecule has 3 unspecified atom stereocenters. The van der Waals surface area contributed by atoms with Gasteiger partial charge in [0.15, 0.2) is 0 Å². The van der Waals surface area contributed by atoms with Crippen LogP contribution in [-0.4, -0.2) is 64.3 Å². The van der Waals surface area contributed by atoms with Gasteiger partial charge in [0.25, 0.3) is 0 Å². The van der Waals surface area contributed by atoms with Crippen LogP contribution in [0.3, 0.4) is 0 Å². The molecule has 3 N–H and O–H groups in total. The third kappa shape index (κ3) is 3.29. The second kappa shape index (κ2) is 7.26. The van der Waals surface area contributed by atoms with E-state index in [1.165, 1.54) is 11.8 Å². The van der Waals surface area contributed by atoms with Gasteiger partial charge in [-0.25, -0.2) is 0 Å². The van der Waals surface area contributed by atoms with Crippen molar-refractivity contribution in [2.45, 2.75) is 31.0 Å². The number of rotatable bonds is 5. The summed E-state index contributed by atoms with van der Waals surface area (Å²) in [6.45, 7) is 0.492. The predicted molar refractivity (Wildman–Crippen MR) is 104 cm³/mol. The van der Waals surface area contributed by atoms with Gasteiger partial charge in [-0.3, -0.25) is 14.4 Å². The smallest absolute Gasteiger partial charge is 0.246 e. The summed E-state index contributed by atoms with van der Waals surface area (Å²) in [6.07, 6.45) is 4.79. The van der Waals surface area contributed by atoms with Gasteiger partial charge in [-0.15, -0.1) is 0 Å². The molecular formula is C19H22N4O3S. The number of carbonyl (C=O) groups excluding carboxylic acids is 3. The maximum absolute atomic E-state index is 13.0. The molecule has 2 aromatic rings. The van der Waals surface area contributed by atoms with Crippen LogP contribution in [0.25, 0.3) is 10.9 Å². The van der Waals surface area contributed by atoms with Gasteiger partial charge in [0.1, 0.15) is 12.1 Å². The van der Waals surface area contributed by atoms with Gasteiger partial charge in [-0.1, -0.05) is 18.2 Å². The number of thioether (sulfide) groups is 1. The summed E-state index contributed by atoms with van der Waals surface area (Å²) < 4.78 is 0. The van der Waals surface area contributed by atoms with Crippen LogP contribution >= 0.6 is 11.8 Å². The second-order valence-electron chi connectivity index (χ2n) is 7.00. The number of para-hydroxylation sites is 1. The van der Waals surface area contributed by atoms with E-state index in [-0.39, 0.29) is 23.8 Å². The highest BCUT2D eigenvalue weighted by atomic mass is 32.2. The Balaban J connectivity index is 1.49. The van der Waals surface area contributed by atoms with Crippen LogP contribution in [0.15, 0.2) is 30.5 Å².